The van der Waals surface area contributed by atoms with Crippen LogP contribution in [-0.4, -0.2) is 24.5 Å². The third-order valence-electron chi connectivity index (χ3n) is 6.48. The van der Waals surface area contributed by atoms with Crippen molar-refractivity contribution in [2.75, 3.05) is 21.5 Å². The normalized spacial score (nSPS) is 10.7. The van der Waals surface area contributed by atoms with Crippen LogP contribution >= 0.6 is 23.2 Å². The van der Waals surface area contributed by atoms with Crippen molar-refractivity contribution in [1.29, 1.82) is 5.26 Å². The van der Waals surface area contributed by atoms with Gasteiger partial charge in [0.05, 0.1) is 33.8 Å². The summed E-state index contributed by atoms with van der Waals surface area (Å²) in [5.41, 5.74) is 7.97. The van der Waals surface area contributed by atoms with E-state index in [1.54, 1.807) is 24.3 Å². The van der Waals surface area contributed by atoms with Gasteiger partial charge >= 0.3 is 0 Å². The number of nitrogens with zero attached hydrogens (tertiary/aromatic N) is 6. The van der Waals surface area contributed by atoms with Crippen LogP contribution in [-0.2, 0) is 26.6 Å². The number of hydrogen-bond acceptors (Lipinski definition) is 10. The maximum absolute atomic E-state index is 13.6. The second kappa shape index (κ2) is 14.0. The van der Waals surface area contributed by atoms with E-state index in [9.17, 15) is 18.8 Å². The molecule has 11 nitrogen and oxygen atoms in total. The van der Waals surface area contributed by atoms with E-state index in [-0.39, 0.29) is 58.9 Å². The molecule has 0 spiro atoms. The van der Waals surface area contributed by atoms with Gasteiger partial charge in [-0.1, -0.05) is 65.7 Å². The fourth-order valence-corrected chi connectivity index (χ4v) is 4.60. The standard InChI is InChI=1S/C30H24Cl2F2N10O/c1-44-26(45)20(11-12-35)25(19-5-3-2-4-6-19)38-30(44)43-42-29-40-27(36-15-17-7-9-23(33)21(31)13-17)39-28(41-29)37-16-18-8-10-24(34)22(32)14-18/h2-10,13-14H,11,15-16H2,1H3,(H,38,43)(H3,36,37,39,40,41,42). The molecule has 0 amide bonds. The number of hydrogen-bond donors (Lipinski definition) is 4. The van der Waals surface area contributed by atoms with Crippen molar-refractivity contribution in [3.05, 3.63) is 115 Å². The van der Waals surface area contributed by atoms with Crippen LogP contribution in [0.25, 0.3) is 11.3 Å². The van der Waals surface area contributed by atoms with Crippen molar-refractivity contribution in [2.24, 2.45) is 7.05 Å². The van der Waals surface area contributed by atoms with Crippen LogP contribution < -0.4 is 27.0 Å². The van der Waals surface area contributed by atoms with Gasteiger partial charge in [-0.05, 0) is 35.4 Å². The molecule has 0 aliphatic heterocycles. The van der Waals surface area contributed by atoms with Crippen LogP contribution in [0.2, 0.25) is 10.0 Å². The number of nitriles is 1. The van der Waals surface area contributed by atoms with Crippen LogP contribution in [0.3, 0.4) is 0 Å². The number of hydrazine groups is 1. The molecule has 0 radical (unpaired) electrons. The number of benzene rings is 3. The molecule has 3 aromatic carbocycles. The third kappa shape index (κ3) is 7.61. The highest BCUT2D eigenvalue weighted by Gasteiger charge is 2.17. The Morgan fingerprint density at radius 3 is 1.89 bits per heavy atom. The van der Waals surface area contributed by atoms with E-state index in [1.807, 2.05) is 24.3 Å². The first-order chi connectivity index (χ1) is 21.7. The number of rotatable bonds is 11. The smallest absolute Gasteiger partial charge is 0.259 e. The summed E-state index contributed by atoms with van der Waals surface area (Å²) in [7, 11) is 1.52. The molecule has 0 aliphatic rings. The molecule has 0 bridgehead atoms. The van der Waals surface area contributed by atoms with Gasteiger partial charge in [0.2, 0.25) is 23.8 Å². The van der Waals surface area contributed by atoms with Crippen LogP contribution in [0.1, 0.15) is 16.7 Å². The molecule has 0 atom stereocenters. The molecular formula is C30H24Cl2F2N10O. The Morgan fingerprint density at radius 2 is 1.36 bits per heavy atom. The molecule has 0 saturated heterocycles. The van der Waals surface area contributed by atoms with E-state index in [1.165, 1.54) is 35.9 Å². The maximum atomic E-state index is 13.6. The second-order valence-electron chi connectivity index (χ2n) is 9.59. The summed E-state index contributed by atoms with van der Waals surface area (Å²) in [4.78, 5) is 31.0. The van der Waals surface area contributed by atoms with Gasteiger partial charge in [-0.15, -0.1) is 0 Å². The monoisotopic (exact) mass is 648 g/mol. The predicted molar refractivity (Wildman–Crippen MR) is 169 cm³/mol. The van der Waals surface area contributed by atoms with Crippen LogP contribution in [0, 0.1) is 23.0 Å². The minimum absolute atomic E-state index is 0.0226. The van der Waals surface area contributed by atoms with Crippen molar-refractivity contribution in [1.82, 2.24) is 24.5 Å². The molecule has 45 heavy (non-hydrogen) atoms. The van der Waals surface area contributed by atoms with Crippen LogP contribution in [0.4, 0.5) is 32.6 Å². The van der Waals surface area contributed by atoms with E-state index in [4.69, 9.17) is 23.2 Å². The summed E-state index contributed by atoms with van der Waals surface area (Å²) in [5.74, 6) is -0.613. The molecule has 0 saturated carbocycles. The highest BCUT2D eigenvalue weighted by molar-refractivity contribution is 6.31. The summed E-state index contributed by atoms with van der Waals surface area (Å²) in [6.45, 7) is 0.418. The van der Waals surface area contributed by atoms with Gasteiger partial charge in [0.1, 0.15) is 11.6 Å². The molecule has 4 N–H and O–H groups in total. The SMILES string of the molecule is Cn1c(NNc2nc(NCc3ccc(F)c(Cl)c3)nc(NCc3ccc(F)c(Cl)c3)n2)nc(-c2ccccc2)c(CC#N)c1=O. The topological polar surface area (TPSA) is 145 Å². The third-order valence-corrected chi connectivity index (χ3v) is 7.06. The van der Waals surface area contributed by atoms with Gasteiger partial charge in [-0.3, -0.25) is 20.2 Å². The van der Waals surface area contributed by atoms with Crippen molar-refractivity contribution in [2.45, 2.75) is 19.5 Å². The predicted octanol–water partition coefficient (Wildman–Crippen LogP) is 5.95. The Bertz CT molecular complexity index is 1880. The molecule has 0 fully saturated rings. The lowest BCUT2D eigenvalue weighted by Crippen LogP contribution is -2.28. The Balaban J connectivity index is 1.42. The molecule has 0 unspecified atom stereocenters. The Kier molecular flexibility index (Phi) is 9.67. The summed E-state index contributed by atoms with van der Waals surface area (Å²) in [6, 6.07) is 19.7. The van der Waals surface area contributed by atoms with E-state index in [0.29, 0.717) is 22.4 Å². The van der Waals surface area contributed by atoms with E-state index >= 15 is 0 Å². The summed E-state index contributed by atoms with van der Waals surface area (Å²) < 4.78 is 28.5. The van der Waals surface area contributed by atoms with Gasteiger partial charge in [-0.2, -0.15) is 20.2 Å². The van der Waals surface area contributed by atoms with Crippen molar-refractivity contribution < 1.29 is 8.78 Å². The molecule has 0 aliphatic carbocycles. The Hall–Kier alpha value is -5.32. The fourth-order valence-electron chi connectivity index (χ4n) is 4.20. The van der Waals surface area contributed by atoms with Gasteiger partial charge < -0.3 is 10.6 Å². The van der Waals surface area contributed by atoms with Gasteiger partial charge in [0.15, 0.2) is 0 Å². The summed E-state index contributed by atoms with van der Waals surface area (Å²) >= 11 is 11.8. The maximum Gasteiger partial charge on any atom is 0.259 e. The Labute approximate surface area is 265 Å². The zero-order valence-electron chi connectivity index (χ0n) is 23.6. The van der Waals surface area contributed by atoms with Crippen molar-refractivity contribution in [3.63, 3.8) is 0 Å². The molecule has 2 heterocycles. The minimum Gasteiger partial charge on any atom is -0.350 e. The van der Waals surface area contributed by atoms with Crippen molar-refractivity contribution in [3.8, 4) is 17.3 Å². The first kappa shape index (κ1) is 31.1. The molecular weight excluding hydrogens is 625 g/mol. The minimum atomic E-state index is -0.537. The number of nitrogens with one attached hydrogen (secondary N) is 4. The highest BCUT2D eigenvalue weighted by Crippen LogP contribution is 2.22. The van der Waals surface area contributed by atoms with Crippen molar-refractivity contribution >= 4 is 47.0 Å². The highest BCUT2D eigenvalue weighted by atomic mass is 35.5. The number of halogens is 4. The summed E-state index contributed by atoms with van der Waals surface area (Å²) in [6.07, 6.45) is -0.117. The number of aromatic nitrogens is 5. The lowest BCUT2D eigenvalue weighted by molar-refractivity contribution is 0.627. The number of anilines is 4. The lowest BCUT2D eigenvalue weighted by Gasteiger charge is -2.16. The van der Waals surface area contributed by atoms with E-state index in [0.717, 1.165) is 0 Å². The van der Waals surface area contributed by atoms with Crippen LogP contribution in [0.5, 0.6) is 0 Å². The van der Waals surface area contributed by atoms with E-state index < -0.39 is 17.2 Å². The van der Waals surface area contributed by atoms with Gasteiger partial charge in [-0.25, -0.2) is 13.8 Å². The first-order valence-corrected chi connectivity index (χ1v) is 14.1. The van der Waals surface area contributed by atoms with E-state index in [2.05, 4.69) is 41.4 Å². The second-order valence-corrected chi connectivity index (χ2v) is 10.4. The quantitative estimate of drug-likeness (QED) is 0.127. The molecule has 15 heteroatoms. The first-order valence-electron chi connectivity index (χ1n) is 13.4. The zero-order chi connectivity index (χ0) is 31.9. The fraction of sp³-hybridized carbons (Fsp3) is 0.133. The van der Waals surface area contributed by atoms with Crippen LogP contribution in [0.15, 0.2) is 71.5 Å². The molecule has 228 valence electrons. The lowest BCUT2D eigenvalue weighted by atomic mass is 10.1. The summed E-state index contributed by atoms with van der Waals surface area (Å²) in [5, 5.41) is 15.4. The van der Waals surface area contributed by atoms with Gasteiger partial charge in [0, 0.05) is 25.7 Å². The Morgan fingerprint density at radius 1 is 0.800 bits per heavy atom. The average Bonchev–Trinajstić information content (AvgIpc) is 3.04. The largest absolute Gasteiger partial charge is 0.350 e. The zero-order valence-corrected chi connectivity index (χ0v) is 25.1. The molecule has 5 aromatic rings. The van der Waals surface area contributed by atoms with Gasteiger partial charge in [0.25, 0.3) is 5.56 Å². The average molecular weight is 649 g/mol. The molecule has 2 aromatic heterocycles. The molecule has 5 rings (SSSR count).